The minimum atomic E-state index is -1.84. The normalized spacial score (nSPS) is 37.7. The van der Waals surface area contributed by atoms with Crippen LogP contribution in [-0.4, -0.2) is 113 Å². The monoisotopic (exact) mass is 493 g/mol. The van der Waals surface area contributed by atoms with E-state index in [9.17, 15) is 34.8 Å². The van der Waals surface area contributed by atoms with Crippen molar-refractivity contribution < 1.29 is 63.2 Å². The van der Waals surface area contributed by atoms with Gasteiger partial charge in [-0.1, -0.05) is 5.11 Å². The summed E-state index contributed by atoms with van der Waals surface area (Å²) in [6.07, 6.45) is -15.7. The lowest BCUT2D eigenvalue weighted by Gasteiger charge is -2.47. The van der Waals surface area contributed by atoms with Gasteiger partial charge in [0.1, 0.15) is 43.2 Å². The van der Waals surface area contributed by atoms with Crippen molar-refractivity contribution in [3.05, 3.63) is 10.4 Å². The molecule has 0 radical (unpaired) electrons. The Morgan fingerprint density at radius 2 is 1.50 bits per heavy atom. The van der Waals surface area contributed by atoms with E-state index < -0.39 is 92.5 Å². The van der Waals surface area contributed by atoms with Crippen LogP contribution in [0.4, 0.5) is 0 Å². The Morgan fingerprint density at radius 3 is 2.03 bits per heavy atom. The number of hydrogen-bond donors (Lipinski definition) is 4. The van der Waals surface area contributed by atoms with Gasteiger partial charge < -0.3 is 48.8 Å². The largest absolute Gasteiger partial charge is 0.463 e. The zero-order valence-electron chi connectivity index (χ0n) is 18.5. The highest BCUT2D eigenvalue weighted by Gasteiger charge is 2.54. The number of hydrogen-bond acceptors (Lipinski definition) is 14. The first-order valence-corrected chi connectivity index (χ1v) is 10.1. The van der Waals surface area contributed by atoms with Crippen LogP contribution in [0.15, 0.2) is 5.11 Å². The number of nitrogens with zero attached hydrogens (tertiary/aromatic N) is 3. The highest BCUT2D eigenvalue weighted by atomic mass is 16.7. The molecule has 0 aromatic carbocycles. The molecular formula is C18H27N3O13. The van der Waals surface area contributed by atoms with Crippen LogP contribution in [0.25, 0.3) is 10.4 Å². The number of esters is 3. The number of ether oxygens (including phenoxy) is 6. The summed E-state index contributed by atoms with van der Waals surface area (Å²) in [6.45, 7) is 1.92. The van der Waals surface area contributed by atoms with Gasteiger partial charge in [-0.3, -0.25) is 14.4 Å². The molecule has 2 rings (SSSR count). The van der Waals surface area contributed by atoms with E-state index in [0.29, 0.717) is 0 Å². The summed E-state index contributed by atoms with van der Waals surface area (Å²) in [6, 6.07) is 0. The first kappa shape index (κ1) is 27.7. The maximum Gasteiger partial charge on any atom is 0.303 e. The molecule has 0 spiro atoms. The molecule has 2 aliphatic heterocycles. The van der Waals surface area contributed by atoms with Gasteiger partial charge in [0, 0.05) is 25.7 Å². The molecule has 16 heteroatoms. The van der Waals surface area contributed by atoms with Crippen LogP contribution >= 0.6 is 0 Å². The summed E-state index contributed by atoms with van der Waals surface area (Å²) >= 11 is 0. The average molecular weight is 493 g/mol. The molecule has 0 aromatic heterocycles. The van der Waals surface area contributed by atoms with Gasteiger partial charge in [-0.05, 0) is 5.53 Å². The van der Waals surface area contributed by atoms with Gasteiger partial charge in [-0.25, -0.2) is 0 Å². The molecule has 2 heterocycles. The summed E-state index contributed by atoms with van der Waals surface area (Å²) in [7, 11) is 0. The fourth-order valence-electron chi connectivity index (χ4n) is 3.51. The summed E-state index contributed by atoms with van der Waals surface area (Å²) < 4.78 is 32.0. The summed E-state index contributed by atoms with van der Waals surface area (Å²) in [5, 5.41) is 43.2. The number of aliphatic hydroxyl groups is 4. The zero-order chi connectivity index (χ0) is 25.6. The molecule has 0 saturated carbocycles. The molecule has 34 heavy (non-hydrogen) atoms. The Bertz CT molecular complexity index is 789. The van der Waals surface area contributed by atoms with Crippen LogP contribution in [0.5, 0.6) is 0 Å². The lowest BCUT2D eigenvalue weighted by atomic mass is 9.96. The quantitative estimate of drug-likeness (QED) is 0.0910. The molecule has 2 aliphatic rings. The molecule has 2 saturated heterocycles. The van der Waals surface area contributed by atoms with E-state index >= 15 is 0 Å². The topological polar surface area (TPSA) is 236 Å². The zero-order valence-corrected chi connectivity index (χ0v) is 18.5. The molecule has 4 N–H and O–H groups in total. The third-order valence-corrected chi connectivity index (χ3v) is 4.97. The molecule has 10 atom stereocenters. The Kier molecular flexibility index (Phi) is 9.96. The van der Waals surface area contributed by atoms with Gasteiger partial charge in [0.05, 0.1) is 6.61 Å². The van der Waals surface area contributed by atoms with Crippen molar-refractivity contribution in [3.63, 3.8) is 0 Å². The third-order valence-electron chi connectivity index (χ3n) is 4.97. The van der Waals surface area contributed by atoms with Crippen LogP contribution in [-0.2, 0) is 42.8 Å². The third kappa shape index (κ3) is 6.74. The summed E-state index contributed by atoms with van der Waals surface area (Å²) in [5.74, 6) is -2.44. The number of carbonyl (C=O) groups excluding carboxylic acids is 3. The predicted octanol–water partition coefficient (Wildman–Crippen LogP) is -2.37. The molecule has 0 amide bonds. The van der Waals surface area contributed by atoms with E-state index in [1.807, 2.05) is 0 Å². The highest BCUT2D eigenvalue weighted by Crippen LogP contribution is 2.33. The first-order valence-electron chi connectivity index (χ1n) is 10.1. The average Bonchev–Trinajstić information content (AvgIpc) is 2.75. The van der Waals surface area contributed by atoms with Crippen LogP contribution in [0.2, 0.25) is 0 Å². The van der Waals surface area contributed by atoms with Gasteiger partial charge in [-0.15, -0.1) is 0 Å². The minimum absolute atomic E-state index is 0.514. The Balaban J connectivity index is 2.46. The van der Waals surface area contributed by atoms with E-state index in [1.165, 1.54) is 0 Å². The molecule has 16 nitrogen and oxygen atoms in total. The number of carbonyl (C=O) groups is 3. The smallest absolute Gasteiger partial charge is 0.303 e. The second kappa shape index (κ2) is 12.2. The number of azide groups is 1. The Labute approximate surface area is 192 Å². The molecule has 192 valence electrons. The van der Waals surface area contributed by atoms with Crippen molar-refractivity contribution in [2.45, 2.75) is 82.1 Å². The lowest BCUT2D eigenvalue weighted by molar-refractivity contribution is -0.342. The molecule has 2 fully saturated rings. The van der Waals surface area contributed by atoms with Crippen LogP contribution < -0.4 is 0 Å². The van der Waals surface area contributed by atoms with Crippen molar-refractivity contribution in [2.75, 3.05) is 13.2 Å². The number of aliphatic hydroxyl groups excluding tert-OH is 4. The van der Waals surface area contributed by atoms with Gasteiger partial charge in [0.25, 0.3) is 0 Å². The Hall–Kier alpha value is -2.56. The van der Waals surface area contributed by atoms with Crippen LogP contribution in [0, 0.1) is 0 Å². The van der Waals surface area contributed by atoms with Crippen molar-refractivity contribution >= 4 is 17.9 Å². The van der Waals surface area contributed by atoms with Crippen molar-refractivity contribution in [1.29, 1.82) is 0 Å². The second-order valence-electron chi connectivity index (χ2n) is 7.52. The standard InChI is InChI=1S/C18H27N3O13/c1-6(23)29-5-10-14(34-18-13(28)12(27)11(26)9(4-22)33-18)15(30-7(2)24)16(31-8(3)25)17(32-10)20-21-19/h9-18,22,26-28H,4-5H2,1-3H3/t9-,10-,11+,12+,13-,14-,15+,16-,17-,18+/m1/s1. The van der Waals surface area contributed by atoms with Crippen molar-refractivity contribution in [2.24, 2.45) is 5.11 Å². The molecule has 0 aromatic rings. The molecule has 0 aliphatic carbocycles. The Morgan fingerprint density at radius 1 is 0.882 bits per heavy atom. The SMILES string of the molecule is CC(=O)OC[C@H]1O[C@@H](N=[N+]=[N-])[C@H](OC(C)=O)[C@@H](OC(C)=O)[C@@H]1O[C@@H]1O[C@H](CO)[C@H](O)[C@H](O)[C@H]1O. The van der Waals surface area contributed by atoms with Crippen molar-refractivity contribution in [1.82, 2.24) is 0 Å². The van der Waals surface area contributed by atoms with Crippen LogP contribution in [0.3, 0.4) is 0 Å². The van der Waals surface area contributed by atoms with Crippen molar-refractivity contribution in [3.8, 4) is 0 Å². The highest BCUT2D eigenvalue weighted by molar-refractivity contribution is 5.67. The fourth-order valence-corrected chi connectivity index (χ4v) is 3.51. The maximum atomic E-state index is 11.8. The fraction of sp³-hybridized carbons (Fsp3) is 0.833. The molecule has 0 unspecified atom stereocenters. The van der Waals surface area contributed by atoms with Gasteiger partial charge in [-0.2, -0.15) is 0 Å². The maximum absolute atomic E-state index is 11.8. The molecular weight excluding hydrogens is 466 g/mol. The van der Waals surface area contributed by atoms with Gasteiger partial charge in [0.2, 0.25) is 0 Å². The minimum Gasteiger partial charge on any atom is -0.463 e. The van der Waals surface area contributed by atoms with Gasteiger partial charge in [0.15, 0.2) is 24.7 Å². The lowest BCUT2D eigenvalue weighted by Crippen LogP contribution is -2.65. The van der Waals surface area contributed by atoms with Gasteiger partial charge >= 0.3 is 17.9 Å². The van der Waals surface area contributed by atoms with Crippen LogP contribution in [0.1, 0.15) is 20.8 Å². The van der Waals surface area contributed by atoms with E-state index in [-0.39, 0.29) is 0 Å². The summed E-state index contributed by atoms with van der Waals surface area (Å²) in [5.41, 5.74) is 8.90. The van der Waals surface area contributed by atoms with E-state index in [0.717, 1.165) is 20.8 Å². The first-order chi connectivity index (χ1) is 16.0. The summed E-state index contributed by atoms with van der Waals surface area (Å²) in [4.78, 5) is 37.5. The van der Waals surface area contributed by atoms with E-state index in [2.05, 4.69) is 10.0 Å². The number of rotatable bonds is 8. The van der Waals surface area contributed by atoms with E-state index in [1.54, 1.807) is 0 Å². The molecule has 0 bridgehead atoms. The second-order valence-corrected chi connectivity index (χ2v) is 7.52. The predicted molar refractivity (Wildman–Crippen MR) is 104 cm³/mol. The van der Waals surface area contributed by atoms with E-state index in [4.69, 9.17) is 34.0 Å².